The first-order valence-electron chi connectivity index (χ1n) is 5.79. The molecule has 0 saturated heterocycles. The fourth-order valence-corrected chi connectivity index (χ4v) is 2.48. The summed E-state index contributed by atoms with van der Waals surface area (Å²) < 4.78 is 8.26. The van der Waals surface area contributed by atoms with Crippen molar-refractivity contribution in [3.05, 3.63) is 38.8 Å². The molecule has 102 valence electrons. The van der Waals surface area contributed by atoms with Crippen LogP contribution >= 0.6 is 35.4 Å². The minimum atomic E-state index is -0.272. The fraction of sp³-hybridized carbons (Fsp3) is 0.333. The number of rotatable bonds is 4. The third-order valence-electron chi connectivity index (χ3n) is 2.67. The Hall–Kier alpha value is -1.04. The molecular weight excluding hydrogens is 305 g/mol. The van der Waals surface area contributed by atoms with Gasteiger partial charge < -0.3 is 9.30 Å². The maximum absolute atomic E-state index is 6.07. The molecule has 4 nitrogen and oxygen atoms in total. The Bertz CT molecular complexity index is 638. The number of aromatic amines is 1. The number of aromatic nitrogens is 3. The SMILES string of the molecule is CCn1c([C@H](C)Oc2ccc(Cl)cc2Cl)n[nH]c1=S. The maximum atomic E-state index is 6.07. The van der Waals surface area contributed by atoms with Crippen molar-refractivity contribution >= 4 is 35.4 Å². The van der Waals surface area contributed by atoms with Gasteiger partial charge in [0.05, 0.1) is 5.02 Å². The minimum Gasteiger partial charge on any atom is -0.481 e. The van der Waals surface area contributed by atoms with E-state index >= 15 is 0 Å². The number of benzene rings is 1. The van der Waals surface area contributed by atoms with Gasteiger partial charge in [0.1, 0.15) is 5.75 Å². The molecule has 0 aliphatic carbocycles. The highest BCUT2D eigenvalue weighted by Crippen LogP contribution is 2.30. The minimum absolute atomic E-state index is 0.272. The summed E-state index contributed by atoms with van der Waals surface area (Å²) >= 11 is 17.1. The summed E-state index contributed by atoms with van der Waals surface area (Å²) in [6, 6.07) is 5.10. The van der Waals surface area contributed by atoms with E-state index < -0.39 is 0 Å². The third-order valence-corrected chi connectivity index (χ3v) is 3.51. The molecule has 2 rings (SSSR count). The van der Waals surface area contributed by atoms with Crippen LogP contribution in [0, 0.1) is 4.77 Å². The Balaban J connectivity index is 2.25. The summed E-state index contributed by atoms with van der Waals surface area (Å²) in [4.78, 5) is 0. The predicted molar refractivity (Wildman–Crippen MR) is 78.6 cm³/mol. The fourth-order valence-electron chi connectivity index (χ4n) is 1.76. The molecular formula is C12H13Cl2N3OS. The number of ether oxygens (including phenoxy) is 1. The zero-order chi connectivity index (χ0) is 14.0. The monoisotopic (exact) mass is 317 g/mol. The standard InChI is InChI=1S/C12H13Cl2N3OS/c1-3-17-11(15-16-12(17)19)7(2)18-10-5-4-8(13)6-9(10)14/h4-7H,3H2,1-2H3,(H,16,19)/t7-/m0/s1. The molecule has 0 aliphatic heterocycles. The summed E-state index contributed by atoms with van der Waals surface area (Å²) in [5.74, 6) is 1.30. The Morgan fingerprint density at radius 3 is 2.84 bits per heavy atom. The zero-order valence-electron chi connectivity index (χ0n) is 10.5. The van der Waals surface area contributed by atoms with Gasteiger partial charge in [0, 0.05) is 11.6 Å². The molecule has 1 aromatic carbocycles. The molecule has 0 fully saturated rings. The highest BCUT2D eigenvalue weighted by atomic mass is 35.5. The van der Waals surface area contributed by atoms with Gasteiger partial charge in [0.15, 0.2) is 16.7 Å². The first kappa shape index (κ1) is 14.4. The van der Waals surface area contributed by atoms with E-state index in [0.29, 0.717) is 20.6 Å². The van der Waals surface area contributed by atoms with E-state index in [0.717, 1.165) is 12.4 Å². The summed E-state index contributed by atoms with van der Waals surface area (Å²) in [6.07, 6.45) is -0.272. The summed E-state index contributed by atoms with van der Waals surface area (Å²) in [6.45, 7) is 4.62. The summed E-state index contributed by atoms with van der Waals surface area (Å²) in [5, 5.41) is 7.98. The highest BCUT2D eigenvalue weighted by Gasteiger charge is 2.16. The van der Waals surface area contributed by atoms with Gasteiger partial charge in [-0.2, -0.15) is 5.10 Å². The van der Waals surface area contributed by atoms with Gasteiger partial charge >= 0.3 is 0 Å². The van der Waals surface area contributed by atoms with Crippen LogP contribution in [0.15, 0.2) is 18.2 Å². The molecule has 1 aromatic heterocycles. The van der Waals surface area contributed by atoms with E-state index in [1.54, 1.807) is 18.2 Å². The van der Waals surface area contributed by atoms with Gasteiger partial charge in [-0.3, -0.25) is 5.10 Å². The molecule has 0 unspecified atom stereocenters. The first-order valence-corrected chi connectivity index (χ1v) is 6.96. The molecule has 0 aliphatic rings. The second-order valence-corrected chi connectivity index (χ2v) is 5.20. The van der Waals surface area contributed by atoms with Crippen molar-refractivity contribution in [1.29, 1.82) is 0 Å². The van der Waals surface area contributed by atoms with Crippen molar-refractivity contribution in [3.8, 4) is 5.75 Å². The normalized spacial score (nSPS) is 12.4. The van der Waals surface area contributed by atoms with E-state index in [4.69, 9.17) is 40.2 Å². The summed E-state index contributed by atoms with van der Waals surface area (Å²) in [7, 11) is 0. The largest absolute Gasteiger partial charge is 0.481 e. The van der Waals surface area contributed by atoms with E-state index in [1.807, 2.05) is 18.4 Å². The van der Waals surface area contributed by atoms with Crippen LogP contribution in [0.25, 0.3) is 0 Å². The molecule has 0 bridgehead atoms. The smallest absolute Gasteiger partial charge is 0.195 e. The molecule has 0 spiro atoms. The van der Waals surface area contributed by atoms with Gasteiger partial charge in [0.25, 0.3) is 0 Å². The van der Waals surface area contributed by atoms with Crippen LogP contribution in [0.2, 0.25) is 10.0 Å². The molecule has 1 N–H and O–H groups in total. The number of H-pyrrole nitrogens is 1. The molecule has 0 amide bonds. The van der Waals surface area contributed by atoms with Crippen LogP contribution in [0.1, 0.15) is 25.8 Å². The zero-order valence-corrected chi connectivity index (χ0v) is 12.8. The average Bonchev–Trinajstić information content (AvgIpc) is 2.74. The van der Waals surface area contributed by atoms with Crippen LogP contribution in [0.5, 0.6) is 5.75 Å². The number of halogens is 2. The van der Waals surface area contributed by atoms with Crippen LogP contribution < -0.4 is 4.74 Å². The maximum Gasteiger partial charge on any atom is 0.195 e. The second kappa shape index (κ2) is 5.94. The predicted octanol–water partition coefficient (Wildman–Crippen LogP) is 4.41. The molecule has 2 aromatic rings. The van der Waals surface area contributed by atoms with E-state index in [9.17, 15) is 0 Å². The lowest BCUT2D eigenvalue weighted by Crippen LogP contribution is -2.11. The Labute approximate surface area is 126 Å². The average molecular weight is 318 g/mol. The quantitative estimate of drug-likeness (QED) is 0.849. The second-order valence-electron chi connectivity index (χ2n) is 3.97. The first-order chi connectivity index (χ1) is 9.02. The highest BCUT2D eigenvalue weighted by molar-refractivity contribution is 7.71. The van der Waals surface area contributed by atoms with Gasteiger partial charge in [-0.25, -0.2) is 0 Å². The van der Waals surface area contributed by atoms with Crippen LogP contribution in [-0.2, 0) is 6.54 Å². The number of hydrogen-bond acceptors (Lipinski definition) is 3. The topological polar surface area (TPSA) is 42.8 Å². The Morgan fingerprint density at radius 2 is 2.21 bits per heavy atom. The van der Waals surface area contributed by atoms with Crippen molar-refractivity contribution in [1.82, 2.24) is 14.8 Å². The Morgan fingerprint density at radius 1 is 1.47 bits per heavy atom. The Kier molecular flexibility index (Phi) is 4.50. The number of nitrogens with zero attached hydrogens (tertiary/aromatic N) is 2. The molecule has 1 atom stereocenters. The van der Waals surface area contributed by atoms with Gasteiger partial charge in [-0.05, 0) is 44.3 Å². The van der Waals surface area contributed by atoms with Crippen molar-refractivity contribution in [2.24, 2.45) is 0 Å². The van der Waals surface area contributed by atoms with Crippen molar-refractivity contribution in [2.45, 2.75) is 26.5 Å². The van der Waals surface area contributed by atoms with E-state index in [2.05, 4.69) is 10.2 Å². The van der Waals surface area contributed by atoms with Crippen molar-refractivity contribution in [3.63, 3.8) is 0 Å². The lowest BCUT2D eigenvalue weighted by atomic mass is 10.3. The lowest BCUT2D eigenvalue weighted by Gasteiger charge is -2.15. The van der Waals surface area contributed by atoms with Crippen LogP contribution in [-0.4, -0.2) is 14.8 Å². The van der Waals surface area contributed by atoms with Gasteiger partial charge in [0.2, 0.25) is 0 Å². The van der Waals surface area contributed by atoms with Gasteiger partial charge in [-0.1, -0.05) is 23.2 Å². The summed E-state index contributed by atoms with van der Waals surface area (Å²) in [5.41, 5.74) is 0. The van der Waals surface area contributed by atoms with Crippen molar-refractivity contribution in [2.75, 3.05) is 0 Å². The molecule has 1 heterocycles. The number of nitrogens with one attached hydrogen (secondary N) is 1. The van der Waals surface area contributed by atoms with Gasteiger partial charge in [-0.15, -0.1) is 0 Å². The van der Waals surface area contributed by atoms with Crippen LogP contribution in [0.4, 0.5) is 0 Å². The molecule has 7 heteroatoms. The van der Waals surface area contributed by atoms with E-state index in [-0.39, 0.29) is 6.10 Å². The molecule has 0 saturated carbocycles. The van der Waals surface area contributed by atoms with Crippen LogP contribution in [0.3, 0.4) is 0 Å². The van der Waals surface area contributed by atoms with Crippen molar-refractivity contribution < 1.29 is 4.74 Å². The van der Waals surface area contributed by atoms with E-state index in [1.165, 1.54) is 0 Å². The molecule has 19 heavy (non-hydrogen) atoms. The molecule has 0 radical (unpaired) electrons. The lowest BCUT2D eigenvalue weighted by molar-refractivity contribution is 0.211. The number of hydrogen-bond donors (Lipinski definition) is 1. The third kappa shape index (κ3) is 3.11.